The number of H-pyrrole nitrogens is 1. The number of carbonyl (C=O) groups excluding carboxylic acids is 1. The maximum absolute atomic E-state index is 13.8. The molecule has 4 aromatic rings. The largest absolute Gasteiger partial charge is 0.490 e. The van der Waals surface area contributed by atoms with Crippen LogP contribution in [0.2, 0.25) is 0 Å². The Morgan fingerprint density at radius 2 is 1.94 bits per heavy atom. The van der Waals surface area contributed by atoms with Crippen LogP contribution in [0.3, 0.4) is 0 Å². The number of ether oxygens (including phenoxy) is 1. The third-order valence-electron chi connectivity index (χ3n) is 5.37. The fourth-order valence-electron chi connectivity index (χ4n) is 3.60. The first-order valence-electron chi connectivity index (χ1n) is 11.2. The van der Waals surface area contributed by atoms with E-state index in [-0.39, 0.29) is 25.3 Å². The molecular weight excluding hydrogens is 431 g/mol. The van der Waals surface area contributed by atoms with Gasteiger partial charge in [-0.3, -0.25) is 14.9 Å². The van der Waals surface area contributed by atoms with E-state index in [1.807, 2.05) is 26.0 Å². The maximum atomic E-state index is 13.8. The molecule has 34 heavy (non-hydrogen) atoms. The predicted molar refractivity (Wildman–Crippen MR) is 133 cm³/mol. The monoisotopic (exact) mass is 462 g/mol. The Labute approximate surface area is 199 Å². The van der Waals surface area contributed by atoms with Crippen LogP contribution in [-0.4, -0.2) is 39.1 Å². The van der Waals surface area contributed by atoms with E-state index in [1.165, 1.54) is 12.1 Å². The fraction of sp³-hybridized carbons (Fsp3) is 0.296. The number of rotatable bonds is 6. The molecule has 0 atom stereocenters. The van der Waals surface area contributed by atoms with Gasteiger partial charge in [0.15, 0.2) is 0 Å². The van der Waals surface area contributed by atoms with Gasteiger partial charge in [0.25, 0.3) is 5.91 Å². The number of nitrogens with one attached hydrogen (secondary N) is 1. The molecule has 6 nitrogen and oxygen atoms in total. The summed E-state index contributed by atoms with van der Waals surface area (Å²) in [5.74, 6) is 0.156. The van der Waals surface area contributed by atoms with Crippen molar-refractivity contribution in [2.45, 2.75) is 46.8 Å². The summed E-state index contributed by atoms with van der Waals surface area (Å²) in [5.41, 5.74) is 3.77. The number of fused-ring (bicyclic) bond motifs is 1. The van der Waals surface area contributed by atoms with Gasteiger partial charge >= 0.3 is 0 Å². The molecule has 1 N–H and O–H groups in total. The number of amides is 1. The molecule has 1 aliphatic carbocycles. The highest BCUT2D eigenvalue weighted by Crippen LogP contribution is 2.36. The molecule has 0 saturated heterocycles. The van der Waals surface area contributed by atoms with Gasteiger partial charge in [-0.2, -0.15) is 5.10 Å². The molecule has 1 saturated carbocycles. The number of hydrogen-bond donors (Lipinski definition) is 1. The van der Waals surface area contributed by atoms with Crippen molar-refractivity contribution in [1.82, 2.24) is 20.1 Å². The van der Waals surface area contributed by atoms with Gasteiger partial charge in [0.1, 0.15) is 11.6 Å². The number of benzene rings is 2. The van der Waals surface area contributed by atoms with E-state index >= 15 is 0 Å². The molecule has 1 fully saturated rings. The SMILES string of the molecule is C.CC.CN(Cc1cncc2cn[nH]c12)C(=O)c1ccc(-c2cccc(F)c2)c(OC2CC2)c1. The summed E-state index contributed by atoms with van der Waals surface area (Å²) < 4.78 is 19.8. The molecule has 2 aromatic heterocycles. The van der Waals surface area contributed by atoms with Crippen molar-refractivity contribution in [1.29, 1.82) is 0 Å². The smallest absolute Gasteiger partial charge is 0.254 e. The molecule has 1 amide bonds. The zero-order chi connectivity index (χ0) is 23.4. The Balaban J connectivity index is 0.00000105. The van der Waals surface area contributed by atoms with Crippen molar-refractivity contribution in [3.05, 3.63) is 78.0 Å². The minimum Gasteiger partial charge on any atom is -0.490 e. The highest BCUT2D eigenvalue weighted by Gasteiger charge is 2.26. The fourth-order valence-corrected chi connectivity index (χ4v) is 3.60. The summed E-state index contributed by atoms with van der Waals surface area (Å²) in [6, 6.07) is 11.7. The first-order chi connectivity index (χ1) is 16.1. The molecule has 0 aliphatic heterocycles. The van der Waals surface area contributed by atoms with Crippen molar-refractivity contribution in [2.75, 3.05) is 7.05 Å². The second kappa shape index (κ2) is 10.9. The van der Waals surface area contributed by atoms with Gasteiger partial charge in [0.2, 0.25) is 0 Å². The van der Waals surface area contributed by atoms with Gasteiger partial charge in [-0.15, -0.1) is 0 Å². The van der Waals surface area contributed by atoms with Crippen molar-refractivity contribution in [3.8, 4) is 16.9 Å². The Hall–Kier alpha value is -3.74. The highest BCUT2D eigenvalue weighted by atomic mass is 19.1. The van der Waals surface area contributed by atoms with Gasteiger partial charge in [-0.25, -0.2) is 4.39 Å². The van der Waals surface area contributed by atoms with E-state index in [0.29, 0.717) is 17.9 Å². The minimum atomic E-state index is -0.309. The summed E-state index contributed by atoms with van der Waals surface area (Å²) >= 11 is 0. The van der Waals surface area contributed by atoms with Crippen molar-refractivity contribution < 1.29 is 13.9 Å². The molecule has 0 unspecified atom stereocenters. The third kappa shape index (κ3) is 5.42. The number of carbonyl (C=O) groups is 1. The van der Waals surface area contributed by atoms with E-state index in [0.717, 1.165) is 40.4 Å². The number of halogens is 1. The quantitative estimate of drug-likeness (QED) is 0.368. The summed E-state index contributed by atoms with van der Waals surface area (Å²) in [5, 5.41) is 7.91. The number of hydrogen-bond acceptors (Lipinski definition) is 4. The van der Waals surface area contributed by atoms with Crippen LogP contribution < -0.4 is 4.74 Å². The average Bonchev–Trinajstić information content (AvgIpc) is 3.51. The summed E-state index contributed by atoms with van der Waals surface area (Å²) in [4.78, 5) is 19.0. The lowest BCUT2D eigenvalue weighted by Crippen LogP contribution is -2.26. The normalized spacial score (nSPS) is 12.4. The topological polar surface area (TPSA) is 71.1 Å². The average molecular weight is 463 g/mol. The minimum absolute atomic E-state index is 0. The van der Waals surface area contributed by atoms with Gasteiger partial charge in [-0.1, -0.05) is 33.4 Å². The van der Waals surface area contributed by atoms with Crippen molar-refractivity contribution >= 4 is 16.8 Å². The summed E-state index contributed by atoms with van der Waals surface area (Å²) in [7, 11) is 1.75. The Kier molecular flexibility index (Phi) is 7.99. The van der Waals surface area contributed by atoms with Crippen LogP contribution in [0.5, 0.6) is 5.75 Å². The first kappa shape index (κ1) is 24.9. The third-order valence-corrected chi connectivity index (χ3v) is 5.37. The van der Waals surface area contributed by atoms with Gasteiger partial charge < -0.3 is 9.64 Å². The molecule has 7 heteroatoms. The molecule has 2 heterocycles. The molecule has 5 rings (SSSR count). The van der Waals surface area contributed by atoms with Gasteiger partial charge in [0.05, 0.1) is 17.8 Å². The lowest BCUT2D eigenvalue weighted by atomic mass is 10.0. The molecule has 178 valence electrons. The van der Waals surface area contributed by atoms with E-state index < -0.39 is 0 Å². The first-order valence-corrected chi connectivity index (χ1v) is 11.2. The second-order valence-electron chi connectivity index (χ2n) is 7.83. The molecule has 0 spiro atoms. The van der Waals surface area contributed by atoms with Crippen LogP contribution in [0.4, 0.5) is 4.39 Å². The maximum Gasteiger partial charge on any atom is 0.254 e. The summed E-state index contributed by atoms with van der Waals surface area (Å²) in [6.07, 6.45) is 7.30. The number of aromatic amines is 1. The molecule has 1 aliphatic rings. The van der Waals surface area contributed by atoms with E-state index in [1.54, 1.807) is 48.7 Å². The van der Waals surface area contributed by atoms with Crippen LogP contribution in [0, 0.1) is 5.82 Å². The molecule has 2 aromatic carbocycles. The Morgan fingerprint density at radius 1 is 1.15 bits per heavy atom. The van der Waals surface area contributed by atoms with Crippen LogP contribution in [-0.2, 0) is 6.54 Å². The zero-order valence-electron chi connectivity index (χ0n) is 19.0. The van der Waals surface area contributed by atoms with E-state index in [4.69, 9.17) is 4.74 Å². The van der Waals surface area contributed by atoms with Crippen molar-refractivity contribution in [3.63, 3.8) is 0 Å². The van der Waals surface area contributed by atoms with E-state index in [2.05, 4.69) is 15.2 Å². The van der Waals surface area contributed by atoms with E-state index in [9.17, 15) is 9.18 Å². The van der Waals surface area contributed by atoms with Gasteiger partial charge in [-0.05, 0) is 48.7 Å². The number of nitrogens with zero attached hydrogens (tertiary/aromatic N) is 3. The highest BCUT2D eigenvalue weighted by molar-refractivity contribution is 5.95. The van der Waals surface area contributed by atoms with Crippen molar-refractivity contribution in [2.24, 2.45) is 0 Å². The summed E-state index contributed by atoms with van der Waals surface area (Å²) in [6.45, 7) is 4.38. The standard InChI is InChI=1S/C24H21FN4O2.C2H6.CH4/c1-29(14-18-12-26-11-17-13-27-28-23(17)18)24(30)16-5-8-21(15-3-2-4-19(25)9-15)22(10-16)31-20-6-7-20;1-2;/h2-5,8-13,20H,6-7,14H2,1H3,(H,27,28);1-2H3;1H4. The second-order valence-corrected chi connectivity index (χ2v) is 7.83. The van der Waals surface area contributed by atoms with Crippen LogP contribution >= 0.6 is 0 Å². The number of pyridine rings is 1. The molecular formula is C27H31FN4O2. The lowest BCUT2D eigenvalue weighted by Gasteiger charge is -2.19. The van der Waals surface area contributed by atoms with Gasteiger partial charge in [0, 0.05) is 48.1 Å². The molecule has 0 radical (unpaired) electrons. The zero-order valence-corrected chi connectivity index (χ0v) is 19.0. The van der Waals surface area contributed by atoms with Crippen LogP contribution in [0.25, 0.3) is 22.0 Å². The number of aromatic nitrogens is 3. The predicted octanol–water partition coefficient (Wildman–Crippen LogP) is 6.24. The lowest BCUT2D eigenvalue weighted by molar-refractivity contribution is 0.0785. The van der Waals surface area contributed by atoms with Crippen LogP contribution in [0.1, 0.15) is 50.0 Å². The van der Waals surface area contributed by atoms with Crippen LogP contribution in [0.15, 0.2) is 61.1 Å². The Bertz CT molecular complexity index is 1270. The Morgan fingerprint density at radius 3 is 2.68 bits per heavy atom. The molecule has 0 bridgehead atoms.